The molecule has 0 saturated heterocycles. The zero-order valence-electron chi connectivity index (χ0n) is 9.43. The molecule has 0 aromatic carbocycles. The van der Waals surface area contributed by atoms with Crippen molar-refractivity contribution in [3.05, 3.63) is 45.4 Å². The van der Waals surface area contributed by atoms with E-state index >= 15 is 0 Å². The van der Waals surface area contributed by atoms with Crippen molar-refractivity contribution in [2.45, 2.75) is 13.3 Å². The molecular weight excluding hydrogens is 230 g/mol. The topological polar surface area (TPSA) is 110 Å². The van der Waals surface area contributed by atoms with Gasteiger partial charge in [-0.25, -0.2) is 4.79 Å². The molecule has 0 amide bonds. The van der Waals surface area contributed by atoms with Gasteiger partial charge in [0, 0.05) is 18.6 Å². The Morgan fingerprint density at radius 1 is 1.53 bits per heavy atom. The number of allylic oxidation sites excluding steroid dienone is 4. The van der Waals surface area contributed by atoms with E-state index in [1.165, 1.54) is 19.3 Å². The van der Waals surface area contributed by atoms with Gasteiger partial charge in [-0.2, -0.15) is 0 Å². The van der Waals surface area contributed by atoms with Gasteiger partial charge in [0.25, 0.3) is 5.70 Å². The molecule has 0 aromatic heterocycles. The van der Waals surface area contributed by atoms with Crippen LogP contribution in [-0.4, -0.2) is 23.7 Å². The molecule has 0 atom stereocenters. The Morgan fingerprint density at radius 2 is 2.18 bits per heavy atom. The standard InChI is InChI=1S/C10H11NO5.H2O/c1-7-6-8(11(13)14)4-3-5-9(7)16-10(12)15-2;/h3-4,6H,5H2,1-2H3;1H2. The van der Waals surface area contributed by atoms with Gasteiger partial charge in [-0.15, -0.1) is 0 Å². The van der Waals surface area contributed by atoms with Crippen LogP contribution < -0.4 is 0 Å². The molecule has 0 saturated carbocycles. The van der Waals surface area contributed by atoms with E-state index in [4.69, 9.17) is 4.74 Å². The largest absolute Gasteiger partial charge is 0.513 e. The summed E-state index contributed by atoms with van der Waals surface area (Å²) in [7, 11) is 1.20. The summed E-state index contributed by atoms with van der Waals surface area (Å²) in [5.41, 5.74) is 0.489. The van der Waals surface area contributed by atoms with Crippen molar-refractivity contribution in [3.8, 4) is 0 Å². The second-order valence-electron chi connectivity index (χ2n) is 3.10. The van der Waals surface area contributed by atoms with Gasteiger partial charge in [0.15, 0.2) is 0 Å². The number of nitrogens with zero attached hydrogens (tertiary/aromatic N) is 1. The SMILES string of the molecule is COC(=O)OC1=C(C)C=C([N+](=O)[O-])C=CC1.O. The van der Waals surface area contributed by atoms with Gasteiger partial charge in [-0.1, -0.05) is 6.08 Å². The summed E-state index contributed by atoms with van der Waals surface area (Å²) in [6, 6.07) is 0. The predicted molar refractivity (Wildman–Crippen MR) is 58.6 cm³/mol. The maximum absolute atomic E-state index is 10.9. The van der Waals surface area contributed by atoms with Crippen LogP contribution in [0.3, 0.4) is 0 Å². The lowest BCUT2D eigenvalue weighted by molar-refractivity contribution is -0.419. The van der Waals surface area contributed by atoms with Gasteiger partial charge in [-0.3, -0.25) is 10.1 Å². The first-order valence-electron chi connectivity index (χ1n) is 4.52. The van der Waals surface area contributed by atoms with E-state index in [-0.39, 0.29) is 11.2 Å². The Hall–Kier alpha value is -2.15. The predicted octanol–water partition coefficient (Wildman–Crippen LogP) is 1.34. The molecule has 94 valence electrons. The van der Waals surface area contributed by atoms with Crippen LogP contribution in [0.25, 0.3) is 0 Å². The van der Waals surface area contributed by atoms with E-state index < -0.39 is 11.1 Å². The number of carbonyl (C=O) groups excluding carboxylic acids is 1. The molecule has 1 rings (SSSR count). The molecule has 0 spiro atoms. The quantitative estimate of drug-likeness (QED) is 0.412. The summed E-state index contributed by atoms with van der Waals surface area (Å²) < 4.78 is 9.20. The Balaban J connectivity index is 0.00000256. The number of rotatable bonds is 2. The number of methoxy groups -OCH3 is 1. The van der Waals surface area contributed by atoms with Crippen LogP contribution >= 0.6 is 0 Å². The highest BCUT2D eigenvalue weighted by Gasteiger charge is 2.15. The number of hydrogen-bond acceptors (Lipinski definition) is 5. The van der Waals surface area contributed by atoms with E-state index in [0.717, 1.165) is 0 Å². The van der Waals surface area contributed by atoms with Gasteiger partial charge < -0.3 is 14.9 Å². The lowest BCUT2D eigenvalue weighted by Gasteiger charge is -2.06. The Kier molecular flexibility index (Phi) is 5.62. The molecule has 0 unspecified atom stereocenters. The number of hydrogen-bond donors (Lipinski definition) is 0. The molecule has 0 heterocycles. The van der Waals surface area contributed by atoms with Crippen molar-refractivity contribution >= 4 is 6.16 Å². The van der Waals surface area contributed by atoms with Crippen LogP contribution in [0.15, 0.2) is 35.3 Å². The first-order valence-corrected chi connectivity index (χ1v) is 4.52. The van der Waals surface area contributed by atoms with Gasteiger partial charge in [0.2, 0.25) is 0 Å². The molecule has 7 heteroatoms. The lowest BCUT2D eigenvalue weighted by Crippen LogP contribution is -2.04. The summed E-state index contributed by atoms with van der Waals surface area (Å²) in [5, 5.41) is 10.6. The molecular formula is C10H13NO6. The summed E-state index contributed by atoms with van der Waals surface area (Å²) in [5.74, 6) is 0.347. The maximum Gasteiger partial charge on any atom is 0.513 e. The highest BCUT2D eigenvalue weighted by Crippen LogP contribution is 2.19. The minimum absolute atomic E-state index is 0. The third kappa shape index (κ3) is 4.07. The molecule has 17 heavy (non-hydrogen) atoms. The van der Waals surface area contributed by atoms with Crippen LogP contribution in [0.2, 0.25) is 0 Å². The van der Waals surface area contributed by atoms with Crippen molar-refractivity contribution < 1.29 is 24.7 Å². The summed E-state index contributed by atoms with van der Waals surface area (Å²) in [6.07, 6.45) is 3.76. The third-order valence-electron chi connectivity index (χ3n) is 1.98. The fourth-order valence-electron chi connectivity index (χ4n) is 1.18. The minimum atomic E-state index is -0.833. The molecule has 0 aromatic rings. The highest BCUT2D eigenvalue weighted by atomic mass is 16.7. The zero-order chi connectivity index (χ0) is 12.1. The molecule has 0 bridgehead atoms. The number of ether oxygens (including phenoxy) is 2. The second kappa shape index (κ2) is 6.44. The molecule has 7 nitrogen and oxygen atoms in total. The molecule has 0 aliphatic heterocycles. The van der Waals surface area contributed by atoms with Crippen LogP contribution in [-0.2, 0) is 9.47 Å². The van der Waals surface area contributed by atoms with Crippen molar-refractivity contribution in [2.75, 3.05) is 7.11 Å². The van der Waals surface area contributed by atoms with Crippen molar-refractivity contribution in [2.24, 2.45) is 0 Å². The second-order valence-corrected chi connectivity index (χ2v) is 3.10. The minimum Gasteiger partial charge on any atom is -0.437 e. The Bertz CT molecular complexity index is 407. The van der Waals surface area contributed by atoms with Crippen molar-refractivity contribution in [3.63, 3.8) is 0 Å². The smallest absolute Gasteiger partial charge is 0.437 e. The van der Waals surface area contributed by atoms with Gasteiger partial charge >= 0.3 is 6.16 Å². The number of carbonyl (C=O) groups is 1. The molecule has 0 fully saturated rings. The fourth-order valence-corrected chi connectivity index (χ4v) is 1.18. The fraction of sp³-hybridized carbons (Fsp3) is 0.300. The van der Waals surface area contributed by atoms with E-state index in [9.17, 15) is 14.9 Å². The van der Waals surface area contributed by atoms with E-state index in [1.807, 2.05) is 0 Å². The first-order chi connectivity index (χ1) is 7.54. The van der Waals surface area contributed by atoms with Gasteiger partial charge in [0.1, 0.15) is 5.76 Å². The van der Waals surface area contributed by atoms with Crippen LogP contribution in [0.1, 0.15) is 13.3 Å². The molecule has 0 radical (unpaired) electrons. The zero-order valence-corrected chi connectivity index (χ0v) is 9.43. The third-order valence-corrected chi connectivity index (χ3v) is 1.98. The number of nitro groups is 1. The lowest BCUT2D eigenvalue weighted by atomic mass is 10.2. The highest BCUT2D eigenvalue weighted by molar-refractivity contribution is 5.61. The Labute approximate surface area is 97.5 Å². The maximum atomic E-state index is 10.9. The van der Waals surface area contributed by atoms with Gasteiger partial charge in [0.05, 0.1) is 12.0 Å². The summed E-state index contributed by atoms with van der Waals surface area (Å²) in [6.45, 7) is 1.63. The van der Waals surface area contributed by atoms with Gasteiger partial charge in [-0.05, 0) is 12.5 Å². The van der Waals surface area contributed by atoms with Crippen LogP contribution in [0, 0.1) is 10.1 Å². The monoisotopic (exact) mass is 243 g/mol. The first kappa shape index (κ1) is 14.8. The van der Waals surface area contributed by atoms with Crippen LogP contribution in [0.4, 0.5) is 4.79 Å². The molecule has 2 N–H and O–H groups in total. The van der Waals surface area contributed by atoms with Crippen molar-refractivity contribution in [1.29, 1.82) is 0 Å². The van der Waals surface area contributed by atoms with E-state index in [0.29, 0.717) is 17.8 Å². The van der Waals surface area contributed by atoms with Crippen molar-refractivity contribution in [1.82, 2.24) is 0 Å². The molecule has 1 aliphatic rings. The average molecular weight is 243 g/mol. The Morgan fingerprint density at radius 3 is 2.71 bits per heavy atom. The molecule has 1 aliphatic carbocycles. The van der Waals surface area contributed by atoms with Crippen LogP contribution in [0.5, 0.6) is 0 Å². The summed E-state index contributed by atoms with van der Waals surface area (Å²) in [4.78, 5) is 21.0. The summed E-state index contributed by atoms with van der Waals surface area (Å²) >= 11 is 0. The normalized spacial score (nSPS) is 14.4. The van der Waals surface area contributed by atoms with E-state index in [1.54, 1.807) is 13.0 Å². The van der Waals surface area contributed by atoms with E-state index in [2.05, 4.69) is 4.74 Å². The average Bonchev–Trinajstić information content (AvgIpc) is 2.41.